The van der Waals surface area contributed by atoms with Crippen LogP contribution in [0.1, 0.15) is 78.1 Å². The molecule has 1 amide bonds. The molecule has 0 aliphatic heterocycles. The molecule has 0 heterocycles. The Bertz CT molecular complexity index is 538. The van der Waals surface area contributed by atoms with E-state index >= 15 is 0 Å². The van der Waals surface area contributed by atoms with Crippen molar-refractivity contribution in [2.45, 2.75) is 89.8 Å². The molecule has 0 bridgehead atoms. The number of unbranched alkanes of at least 4 members (excludes halogenated alkanes) is 2. The van der Waals surface area contributed by atoms with Gasteiger partial charge < -0.3 is 15.5 Å². The van der Waals surface area contributed by atoms with Crippen LogP contribution in [-0.2, 0) is 4.79 Å². The summed E-state index contributed by atoms with van der Waals surface area (Å²) in [5.74, 6) is 1.32. The first-order valence-electron chi connectivity index (χ1n) is 10.8. The van der Waals surface area contributed by atoms with E-state index in [1.807, 2.05) is 6.92 Å². The highest BCUT2D eigenvalue weighted by Gasteiger charge is 2.43. The van der Waals surface area contributed by atoms with Gasteiger partial charge in [-0.25, -0.2) is 0 Å². The quantitative estimate of drug-likeness (QED) is 0.375. The van der Waals surface area contributed by atoms with E-state index in [1.54, 1.807) is 7.05 Å². The highest BCUT2D eigenvalue weighted by atomic mass is 16.3. The molecular formula is C23H39NO3. The number of carbonyl (C=O) groups excluding carboxylic acids is 1. The largest absolute Gasteiger partial charge is 0.392 e. The predicted octanol–water partition coefficient (Wildman–Crippen LogP) is 4.12. The molecule has 3 N–H and O–H groups in total. The van der Waals surface area contributed by atoms with Gasteiger partial charge in [0.15, 0.2) is 0 Å². The van der Waals surface area contributed by atoms with Crippen LogP contribution in [0.5, 0.6) is 0 Å². The second kappa shape index (κ2) is 10.4. The number of allylic oxidation sites excluding steroid dienone is 2. The van der Waals surface area contributed by atoms with Crippen molar-refractivity contribution in [2.75, 3.05) is 7.05 Å². The maximum Gasteiger partial charge on any atom is 0.219 e. The number of aliphatic hydroxyl groups is 2. The van der Waals surface area contributed by atoms with Crippen LogP contribution in [0.15, 0.2) is 23.8 Å². The summed E-state index contributed by atoms with van der Waals surface area (Å²) in [5, 5.41) is 23.6. The summed E-state index contributed by atoms with van der Waals surface area (Å²) in [6, 6.07) is 0. The van der Waals surface area contributed by atoms with E-state index in [1.165, 1.54) is 5.57 Å². The lowest BCUT2D eigenvalue weighted by Crippen LogP contribution is -2.23. The van der Waals surface area contributed by atoms with Crippen molar-refractivity contribution in [3.05, 3.63) is 23.8 Å². The van der Waals surface area contributed by atoms with Gasteiger partial charge in [-0.15, -0.1) is 0 Å². The van der Waals surface area contributed by atoms with Crippen molar-refractivity contribution in [3.63, 3.8) is 0 Å². The first-order valence-corrected chi connectivity index (χ1v) is 10.8. The van der Waals surface area contributed by atoms with Crippen LogP contribution in [0.4, 0.5) is 0 Å². The van der Waals surface area contributed by atoms with Gasteiger partial charge in [0.2, 0.25) is 5.91 Å². The van der Waals surface area contributed by atoms with Gasteiger partial charge in [-0.1, -0.05) is 43.6 Å². The molecule has 2 aliphatic carbocycles. The summed E-state index contributed by atoms with van der Waals surface area (Å²) in [4.78, 5) is 11.3. The molecule has 0 saturated heterocycles. The molecule has 2 rings (SSSR count). The molecule has 154 valence electrons. The maximum atomic E-state index is 11.3. The lowest BCUT2D eigenvalue weighted by molar-refractivity contribution is -0.120. The molecule has 4 nitrogen and oxygen atoms in total. The lowest BCUT2D eigenvalue weighted by Gasteiger charge is -2.22. The Morgan fingerprint density at radius 2 is 2.15 bits per heavy atom. The molecule has 0 aromatic carbocycles. The van der Waals surface area contributed by atoms with Crippen molar-refractivity contribution >= 4 is 5.91 Å². The van der Waals surface area contributed by atoms with Crippen LogP contribution in [0.3, 0.4) is 0 Å². The second-order valence-corrected chi connectivity index (χ2v) is 8.85. The van der Waals surface area contributed by atoms with Crippen LogP contribution in [-0.4, -0.2) is 34.9 Å². The third-order valence-corrected chi connectivity index (χ3v) is 6.37. The van der Waals surface area contributed by atoms with Gasteiger partial charge >= 0.3 is 0 Å². The fourth-order valence-corrected chi connectivity index (χ4v) is 4.69. The van der Waals surface area contributed by atoms with Crippen molar-refractivity contribution in [1.82, 2.24) is 5.32 Å². The van der Waals surface area contributed by atoms with E-state index in [9.17, 15) is 15.0 Å². The zero-order valence-electron chi connectivity index (χ0n) is 17.4. The first-order chi connectivity index (χ1) is 12.9. The van der Waals surface area contributed by atoms with E-state index in [-0.39, 0.29) is 17.9 Å². The molecule has 0 spiro atoms. The Kier molecular flexibility index (Phi) is 8.56. The zero-order chi connectivity index (χ0) is 19.9. The summed E-state index contributed by atoms with van der Waals surface area (Å²) < 4.78 is 0. The molecule has 0 aromatic heterocycles. The van der Waals surface area contributed by atoms with E-state index in [2.05, 4.69) is 30.5 Å². The minimum absolute atomic E-state index is 0.121. The summed E-state index contributed by atoms with van der Waals surface area (Å²) in [5.41, 5.74) is 0.862. The minimum Gasteiger partial charge on any atom is -0.392 e. The Balaban J connectivity index is 1.79. The van der Waals surface area contributed by atoms with Gasteiger partial charge in [0.1, 0.15) is 0 Å². The SMILES string of the molecule is CCCC[C@](C)(O)C/C=C/[C@@H]1[C@H]2CC(CCCCC(=O)NC)=C[C@H]2C[C@H]1O. The number of aliphatic hydroxyl groups excluding tert-OH is 1. The number of fused-ring (bicyclic) bond motifs is 1. The fraction of sp³-hybridized carbons (Fsp3) is 0.783. The topological polar surface area (TPSA) is 69.6 Å². The van der Waals surface area contributed by atoms with Gasteiger partial charge in [0, 0.05) is 19.4 Å². The summed E-state index contributed by atoms with van der Waals surface area (Å²) >= 11 is 0. The minimum atomic E-state index is -0.640. The molecule has 1 saturated carbocycles. The average molecular weight is 378 g/mol. The Hall–Kier alpha value is -1.13. The Labute approximate surface area is 165 Å². The van der Waals surface area contributed by atoms with Crippen LogP contribution in [0.25, 0.3) is 0 Å². The Morgan fingerprint density at radius 3 is 2.85 bits per heavy atom. The average Bonchev–Trinajstić information content (AvgIpc) is 3.14. The van der Waals surface area contributed by atoms with Gasteiger partial charge in [0.05, 0.1) is 11.7 Å². The summed E-state index contributed by atoms with van der Waals surface area (Å²) in [7, 11) is 1.69. The van der Waals surface area contributed by atoms with E-state index in [0.29, 0.717) is 24.7 Å². The van der Waals surface area contributed by atoms with Crippen molar-refractivity contribution < 1.29 is 15.0 Å². The normalized spacial score (nSPS) is 29.6. The molecular weight excluding hydrogens is 338 g/mol. The third kappa shape index (κ3) is 6.76. The molecule has 0 unspecified atom stereocenters. The number of hydrogen-bond acceptors (Lipinski definition) is 3. The summed E-state index contributed by atoms with van der Waals surface area (Å²) in [6.45, 7) is 4.05. The second-order valence-electron chi connectivity index (χ2n) is 8.85. The predicted molar refractivity (Wildman–Crippen MR) is 110 cm³/mol. The van der Waals surface area contributed by atoms with Gasteiger partial charge in [-0.3, -0.25) is 4.79 Å². The van der Waals surface area contributed by atoms with Crippen molar-refractivity contribution in [1.29, 1.82) is 0 Å². The molecule has 0 aromatic rings. The highest BCUT2D eigenvalue weighted by molar-refractivity contribution is 5.75. The molecule has 27 heavy (non-hydrogen) atoms. The van der Waals surface area contributed by atoms with E-state index in [4.69, 9.17) is 0 Å². The number of rotatable bonds is 11. The van der Waals surface area contributed by atoms with Gasteiger partial charge in [0.25, 0.3) is 0 Å². The number of nitrogens with one attached hydrogen (secondary N) is 1. The number of hydrogen-bond donors (Lipinski definition) is 3. The Morgan fingerprint density at radius 1 is 1.37 bits per heavy atom. The zero-order valence-corrected chi connectivity index (χ0v) is 17.4. The monoisotopic (exact) mass is 377 g/mol. The van der Waals surface area contributed by atoms with Gasteiger partial charge in [-0.05, 0) is 63.7 Å². The number of amides is 1. The molecule has 2 aliphatic rings. The van der Waals surface area contributed by atoms with Crippen LogP contribution in [0.2, 0.25) is 0 Å². The van der Waals surface area contributed by atoms with Crippen molar-refractivity contribution in [2.24, 2.45) is 17.8 Å². The third-order valence-electron chi connectivity index (χ3n) is 6.37. The lowest BCUT2D eigenvalue weighted by atomic mass is 9.87. The molecule has 1 fully saturated rings. The van der Waals surface area contributed by atoms with Crippen LogP contribution >= 0.6 is 0 Å². The fourth-order valence-electron chi connectivity index (χ4n) is 4.69. The smallest absolute Gasteiger partial charge is 0.219 e. The van der Waals surface area contributed by atoms with Crippen molar-refractivity contribution in [3.8, 4) is 0 Å². The van der Waals surface area contributed by atoms with Crippen LogP contribution in [0, 0.1) is 17.8 Å². The molecule has 4 heteroatoms. The van der Waals surface area contributed by atoms with Crippen LogP contribution < -0.4 is 5.32 Å². The molecule has 5 atom stereocenters. The first kappa shape index (κ1) is 22.2. The summed E-state index contributed by atoms with van der Waals surface area (Å²) in [6.07, 6.45) is 15.6. The van der Waals surface area contributed by atoms with E-state index < -0.39 is 5.60 Å². The highest BCUT2D eigenvalue weighted by Crippen LogP contribution is 2.48. The van der Waals surface area contributed by atoms with Gasteiger partial charge in [-0.2, -0.15) is 0 Å². The maximum absolute atomic E-state index is 11.3. The molecule has 0 radical (unpaired) electrons. The number of carbonyl (C=O) groups is 1. The van der Waals surface area contributed by atoms with E-state index in [0.717, 1.165) is 51.4 Å². The standard InChI is InChI=1S/C23H39NO3/c1-4-5-12-23(2,27)13-8-10-19-20-15-17(14-18(20)16-21(19)25)9-6-7-11-22(26)24-3/h8,10,14,18-21,25,27H,4-7,9,11-13,15-16H2,1-3H3,(H,24,26)/b10-8+/t18-,19+,20-,21+,23-/m0/s1.